The second kappa shape index (κ2) is 7.14. The van der Waals surface area contributed by atoms with Gasteiger partial charge in [0.25, 0.3) is 5.91 Å². The second-order valence-electron chi connectivity index (χ2n) is 3.48. The van der Waals surface area contributed by atoms with Crippen molar-refractivity contribution in [2.45, 2.75) is 6.92 Å². The molecule has 94 valence electrons. The molecule has 0 fully saturated rings. The number of ether oxygens (including phenoxy) is 1. The third kappa shape index (κ3) is 4.24. The maximum atomic E-state index is 11.8. The van der Waals surface area contributed by atoms with Crippen LogP contribution in [-0.2, 0) is 4.79 Å². The lowest BCUT2D eigenvalue weighted by atomic mass is 10.3. The fraction of sp³-hybridized carbons (Fsp3) is 0.417. The summed E-state index contributed by atoms with van der Waals surface area (Å²) in [4.78, 5) is 13.4. The summed E-state index contributed by atoms with van der Waals surface area (Å²) in [5.41, 5.74) is 5.42. The molecule has 0 bridgehead atoms. The number of hydrogen-bond donors (Lipinski definition) is 1. The molecular formula is C12H17ClN2O2. The molecule has 0 aliphatic heterocycles. The number of carbonyl (C=O) groups excluding carboxylic acids is 1. The molecule has 2 N–H and O–H groups in total. The third-order valence-corrected chi connectivity index (χ3v) is 2.63. The number of rotatable bonds is 6. The lowest BCUT2D eigenvalue weighted by Crippen LogP contribution is -2.38. The first-order valence-corrected chi connectivity index (χ1v) is 5.92. The van der Waals surface area contributed by atoms with Gasteiger partial charge in [-0.25, -0.2) is 0 Å². The minimum atomic E-state index is -0.0853. The highest BCUT2D eigenvalue weighted by atomic mass is 35.5. The summed E-state index contributed by atoms with van der Waals surface area (Å²) in [6, 6.07) is 7.07. The number of nitrogens with zero attached hydrogens (tertiary/aromatic N) is 1. The minimum absolute atomic E-state index is 0.0163. The molecular weight excluding hydrogens is 240 g/mol. The van der Waals surface area contributed by atoms with E-state index in [4.69, 9.17) is 22.1 Å². The first-order valence-electron chi connectivity index (χ1n) is 5.54. The van der Waals surface area contributed by atoms with Crippen LogP contribution in [-0.4, -0.2) is 37.0 Å². The van der Waals surface area contributed by atoms with Crippen LogP contribution in [0.4, 0.5) is 0 Å². The fourth-order valence-electron chi connectivity index (χ4n) is 1.41. The van der Waals surface area contributed by atoms with Crippen molar-refractivity contribution in [1.82, 2.24) is 4.90 Å². The quantitative estimate of drug-likeness (QED) is 0.840. The molecule has 1 amide bonds. The maximum absolute atomic E-state index is 11.8. The largest absolute Gasteiger partial charge is 0.482 e. The van der Waals surface area contributed by atoms with Gasteiger partial charge in [-0.15, -0.1) is 0 Å². The lowest BCUT2D eigenvalue weighted by Gasteiger charge is -2.20. The summed E-state index contributed by atoms with van der Waals surface area (Å²) in [7, 11) is 0. The van der Waals surface area contributed by atoms with Crippen LogP contribution in [0.15, 0.2) is 24.3 Å². The Morgan fingerprint density at radius 3 is 2.76 bits per heavy atom. The SMILES string of the molecule is CCN(CCN)C(=O)COc1ccccc1Cl. The Labute approximate surface area is 106 Å². The molecule has 1 rings (SSSR count). The van der Waals surface area contributed by atoms with Crippen molar-refractivity contribution >= 4 is 17.5 Å². The van der Waals surface area contributed by atoms with Gasteiger partial charge >= 0.3 is 0 Å². The standard InChI is InChI=1S/C12H17ClN2O2/c1-2-15(8-7-14)12(16)9-17-11-6-4-3-5-10(11)13/h3-6H,2,7-9,14H2,1H3. The zero-order valence-corrected chi connectivity index (χ0v) is 10.6. The second-order valence-corrected chi connectivity index (χ2v) is 3.89. The van der Waals surface area contributed by atoms with E-state index in [2.05, 4.69) is 0 Å². The van der Waals surface area contributed by atoms with Crippen LogP contribution in [0.3, 0.4) is 0 Å². The van der Waals surface area contributed by atoms with Crippen molar-refractivity contribution in [3.8, 4) is 5.75 Å². The van der Waals surface area contributed by atoms with Gasteiger partial charge in [0.05, 0.1) is 5.02 Å². The number of nitrogens with two attached hydrogens (primary N) is 1. The minimum Gasteiger partial charge on any atom is -0.482 e. The van der Waals surface area contributed by atoms with Crippen LogP contribution < -0.4 is 10.5 Å². The predicted octanol–water partition coefficient (Wildman–Crippen LogP) is 1.53. The number of para-hydroxylation sites is 1. The Bertz CT molecular complexity index is 371. The topological polar surface area (TPSA) is 55.6 Å². The van der Waals surface area contributed by atoms with Crippen molar-refractivity contribution in [2.75, 3.05) is 26.2 Å². The molecule has 0 spiro atoms. The number of benzene rings is 1. The number of halogens is 1. The Hall–Kier alpha value is -1.26. The molecule has 0 saturated heterocycles. The van der Waals surface area contributed by atoms with Crippen LogP contribution in [0, 0.1) is 0 Å². The summed E-state index contributed by atoms with van der Waals surface area (Å²) >= 11 is 5.91. The van der Waals surface area contributed by atoms with Crippen molar-refractivity contribution in [3.05, 3.63) is 29.3 Å². The molecule has 0 aliphatic carbocycles. The van der Waals surface area contributed by atoms with Gasteiger partial charge in [0, 0.05) is 19.6 Å². The normalized spacial score (nSPS) is 10.1. The fourth-order valence-corrected chi connectivity index (χ4v) is 1.60. The van der Waals surface area contributed by atoms with Crippen LogP contribution in [0.2, 0.25) is 5.02 Å². The summed E-state index contributed by atoms with van der Waals surface area (Å²) < 4.78 is 5.36. The van der Waals surface area contributed by atoms with Crippen LogP contribution in [0.1, 0.15) is 6.92 Å². The highest BCUT2D eigenvalue weighted by molar-refractivity contribution is 6.32. The molecule has 0 aliphatic rings. The van der Waals surface area contributed by atoms with Gasteiger partial charge in [-0.1, -0.05) is 23.7 Å². The molecule has 0 aromatic heterocycles. The molecule has 0 atom stereocenters. The zero-order chi connectivity index (χ0) is 12.7. The van der Waals surface area contributed by atoms with Gasteiger partial charge in [0.2, 0.25) is 0 Å². The lowest BCUT2D eigenvalue weighted by molar-refractivity contribution is -0.133. The Kier molecular flexibility index (Phi) is 5.80. The van der Waals surface area contributed by atoms with Gasteiger partial charge in [-0.05, 0) is 19.1 Å². The predicted molar refractivity (Wildman–Crippen MR) is 68.3 cm³/mol. The Balaban J connectivity index is 2.50. The summed E-state index contributed by atoms with van der Waals surface area (Å²) in [6.45, 7) is 3.51. The van der Waals surface area contributed by atoms with E-state index in [0.29, 0.717) is 30.4 Å². The van der Waals surface area contributed by atoms with E-state index in [0.717, 1.165) is 0 Å². The highest BCUT2D eigenvalue weighted by Gasteiger charge is 2.11. The maximum Gasteiger partial charge on any atom is 0.260 e. The average Bonchev–Trinajstić information content (AvgIpc) is 2.34. The van der Waals surface area contributed by atoms with E-state index in [-0.39, 0.29) is 12.5 Å². The number of hydrogen-bond acceptors (Lipinski definition) is 3. The molecule has 0 radical (unpaired) electrons. The number of amides is 1. The van der Waals surface area contributed by atoms with E-state index in [1.807, 2.05) is 19.1 Å². The van der Waals surface area contributed by atoms with Crippen LogP contribution in [0.5, 0.6) is 5.75 Å². The molecule has 0 unspecified atom stereocenters. The average molecular weight is 257 g/mol. The summed E-state index contributed by atoms with van der Waals surface area (Å²) in [5, 5.41) is 0.502. The van der Waals surface area contributed by atoms with Crippen molar-refractivity contribution in [1.29, 1.82) is 0 Å². The van der Waals surface area contributed by atoms with Gasteiger partial charge in [0.1, 0.15) is 5.75 Å². The van der Waals surface area contributed by atoms with Crippen molar-refractivity contribution in [3.63, 3.8) is 0 Å². The molecule has 0 heterocycles. The molecule has 1 aromatic carbocycles. The van der Waals surface area contributed by atoms with Gasteiger partial charge in [0.15, 0.2) is 6.61 Å². The monoisotopic (exact) mass is 256 g/mol. The first kappa shape index (κ1) is 13.8. The number of likely N-dealkylation sites (N-methyl/N-ethyl adjacent to an activating group) is 1. The molecule has 1 aromatic rings. The van der Waals surface area contributed by atoms with E-state index >= 15 is 0 Å². The molecule has 4 nitrogen and oxygen atoms in total. The first-order chi connectivity index (χ1) is 8.19. The zero-order valence-electron chi connectivity index (χ0n) is 9.86. The third-order valence-electron chi connectivity index (χ3n) is 2.32. The van der Waals surface area contributed by atoms with Gasteiger partial charge in [-0.3, -0.25) is 4.79 Å². The van der Waals surface area contributed by atoms with E-state index in [1.54, 1.807) is 17.0 Å². The number of carbonyl (C=O) groups is 1. The van der Waals surface area contributed by atoms with E-state index in [1.165, 1.54) is 0 Å². The van der Waals surface area contributed by atoms with Crippen LogP contribution in [0.25, 0.3) is 0 Å². The molecule has 0 saturated carbocycles. The summed E-state index contributed by atoms with van der Waals surface area (Å²) in [5.74, 6) is 0.434. The summed E-state index contributed by atoms with van der Waals surface area (Å²) in [6.07, 6.45) is 0. The van der Waals surface area contributed by atoms with Crippen molar-refractivity contribution in [2.24, 2.45) is 5.73 Å². The molecule has 17 heavy (non-hydrogen) atoms. The molecule has 5 heteroatoms. The van der Waals surface area contributed by atoms with Crippen LogP contribution >= 0.6 is 11.6 Å². The smallest absolute Gasteiger partial charge is 0.260 e. The Morgan fingerprint density at radius 1 is 1.47 bits per heavy atom. The Morgan fingerprint density at radius 2 is 2.18 bits per heavy atom. The van der Waals surface area contributed by atoms with E-state index < -0.39 is 0 Å². The van der Waals surface area contributed by atoms with E-state index in [9.17, 15) is 4.79 Å². The van der Waals surface area contributed by atoms with Gasteiger partial charge < -0.3 is 15.4 Å². The highest BCUT2D eigenvalue weighted by Crippen LogP contribution is 2.22. The van der Waals surface area contributed by atoms with Crippen molar-refractivity contribution < 1.29 is 9.53 Å². The van der Waals surface area contributed by atoms with Gasteiger partial charge in [-0.2, -0.15) is 0 Å².